The topological polar surface area (TPSA) is 3.24 Å². The van der Waals surface area contributed by atoms with Crippen LogP contribution in [0.25, 0.3) is 0 Å². The Bertz CT molecular complexity index is 343. The van der Waals surface area contributed by atoms with Crippen molar-refractivity contribution in [2.45, 2.75) is 27.3 Å². The maximum atomic E-state index is 4.48. The van der Waals surface area contributed by atoms with Gasteiger partial charge in [-0.3, -0.25) is 0 Å². The molecule has 0 aliphatic rings. The van der Waals surface area contributed by atoms with E-state index in [2.05, 4.69) is 72.7 Å². The molecule has 1 unspecified atom stereocenters. The lowest BCUT2D eigenvalue weighted by Gasteiger charge is -2.33. The highest BCUT2D eigenvalue weighted by Gasteiger charge is 2.24. The lowest BCUT2D eigenvalue weighted by Crippen LogP contribution is -2.34. The summed E-state index contributed by atoms with van der Waals surface area (Å²) in [5, 5.41) is 2.22. The Kier molecular flexibility index (Phi) is 6.03. The zero-order valence-corrected chi connectivity index (χ0v) is 14.3. The monoisotopic (exact) mass is 335 g/mol. The van der Waals surface area contributed by atoms with Gasteiger partial charge in [-0.2, -0.15) is 12.6 Å². The predicted octanol–water partition coefficient (Wildman–Crippen LogP) is 4.53. The highest BCUT2D eigenvalue weighted by atomic mass is 79.9. The Morgan fingerprint density at radius 1 is 1.47 bits per heavy atom. The number of nitrogens with zero attached hydrogens (tertiary/aromatic N) is 1. The van der Waals surface area contributed by atoms with Crippen LogP contribution >= 0.6 is 39.9 Å². The Hall–Kier alpha value is 0.490. The number of thiophene rings is 1. The fourth-order valence-corrected chi connectivity index (χ4v) is 3.65. The average Bonchev–Trinajstić information content (AvgIpc) is 2.58. The van der Waals surface area contributed by atoms with Gasteiger partial charge >= 0.3 is 0 Å². The molecule has 98 valence electrons. The standard InChI is InChI=1S/C13H22BrNS2/c1-13(2,3)11(8-16)7-15(4)6-10-5-12(14)17-9-10/h5,9,11,16H,6-8H2,1-4H3. The average molecular weight is 336 g/mol. The molecule has 1 aromatic heterocycles. The molecule has 0 saturated carbocycles. The van der Waals surface area contributed by atoms with E-state index in [9.17, 15) is 0 Å². The zero-order chi connectivity index (χ0) is 13.1. The van der Waals surface area contributed by atoms with Gasteiger partial charge in [-0.05, 0) is 57.1 Å². The second kappa shape index (κ2) is 6.60. The van der Waals surface area contributed by atoms with Crippen molar-refractivity contribution in [3.05, 3.63) is 20.8 Å². The lowest BCUT2D eigenvalue weighted by molar-refractivity contribution is 0.183. The van der Waals surface area contributed by atoms with Crippen LogP contribution in [0.4, 0.5) is 0 Å². The van der Waals surface area contributed by atoms with Crippen molar-refractivity contribution in [2.24, 2.45) is 11.3 Å². The van der Waals surface area contributed by atoms with Gasteiger partial charge in [0.1, 0.15) is 0 Å². The molecule has 0 saturated heterocycles. The van der Waals surface area contributed by atoms with E-state index in [0.717, 1.165) is 18.8 Å². The van der Waals surface area contributed by atoms with E-state index >= 15 is 0 Å². The Morgan fingerprint density at radius 3 is 2.53 bits per heavy atom. The van der Waals surface area contributed by atoms with Gasteiger partial charge < -0.3 is 4.90 Å². The third-order valence-electron chi connectivity index (χ3n) is 3.05. The maximum absolute atomic E-state index is 4.48. The van der Waals surface area contributed by atoms with Crippen molar-refractivity contribution in [2.75, 3.05) is 19.3 Å². The van der Waals surface area contributed by atoms with E-state index in [0.29, 0.717) is 11.3 Å². The van der Waals surface area contributed by atoms with Gasteiger partial charge in [-0.25, -0.2) is 0 Å². The van der Waals surface area contributed by atoms with Gasteiger partial charge in [0.25, 0.3) is 0 Å². The second-order valence-electron chi connectivity index (χ2n) is 5.70. The molecule has 0 aliphatic carbocycles. The van der Waals surface area contributed by atoms with E-state index in [1.807, 2.05) is 0 Å². The fourth-order valence-electron chi connectivity index (χ4n) is 1.79. The van der Waals surface area contributed by atoms with Crippen molar-refractivity contribution in [1.29, 1.82) is 0 Å². The first-order chi connectivity index (χ1) is 7.82. The quantitative estimate of drug-likeness (QED) is 0.773. The molecule has 0 aromatic carbocycles. The lowest BCUT2D eigenvalue weighted by atomic mass is 9.81. The van der Waals surface area contributed by atoms with Crippen LogP contribution in [0, 0.1) is 11.3 Å². The number of rotatable bonds is 5. The molecule has 0 N–H and O–H groups in total. The molecule has 1 rings (SSSR count). The van der Waals surface area contributed by atoms with Gasteiger partial charge in [0, 0.05) is 13.1 Å². The summed E-state index contributed by atoms with van der Waals surface area (Å²) < 4.78 is 1.21. The number of hydrogen-bond donors (Lipinski definition) is 1. The first kappa shape index (κ1) is 15.5. The van der Waals surface area contributed by atoms with E-state index in [1.54, 1.807) is 11.3 Å². The molecule has 0 aliphatic heterocycles. The highest BCUT2D eigenvalue weighted by Crippen LogP contribution is 2.28. The summed E-state index contributed by atoms with van der Waals surface area (Å²) in [6.45, 7) is 9.00. The minimum atomic E-state index is 0.325. The van der Waals surface area contributed by atoms with Gasteiger partial charge in [0.2, 0.25) is 0 Å². The summed E-state index contributed by atoms with van der Waals surface area (Å²) in [6.07, 6.45) is 0. The summed E-state index contributed by atoms with van der Waals surface area (Å²) in [5.74, 6) is 1.57. The van der Waals surface area contributed by atoms with E-state index in [1.165, 1.54) is 9.35 Å². The van der Waals surface area contributed by atoms with Crippen molar-refractivity contribution in [1.82, 2.24) is 4.90 Å². The molecule has 1 atom stereocenters. The minimum Gasteiger partial charge on any atom is -0.302 e. The molecule has 1 nitrogen and oxygen atoms in total. The molecule has 0 fully saturated rings. The Morgan fingerprint density at radius 2 is 2.12 bits per heavy atom. The first-order valence-electron chi connectivity index (χ1n) is 5.85. The van der Waals surface area contributed by atoms with E-state index in [4.69, 9.17) is 0 Å². The van der Waals surface area contributed by atoms with Crippen LogP contribution in [0.1, 0.15) is 26.3 Å². The Labute approximate surface area is 123 Å². The third kappa shape index (κ3) is 5.33. The van der Waals surface area contributed by atoms with Crippen LogP contribution in [-0.2, 0) is 6.54 Å². The molecule has 1 heterocycles. The van der Waals surface area contributed by atoms with Gasteiger partial charge in [0.05, 0.1) is 3.79 Å². The predicted molar refractivity (Wildman–Crippen MR) is 85.2 cm³/mol. The van der Waals surface area contributed by atoms with E-state index < -0.39 is 0 Å². The molecule has 1 aromatic rings. The summed E-state index contributed by atoms with van der Waals surface area (Å²) in [7, 11) is 2.19. The van der Waals surface area contributed by atoms with Crippen LogP contribution in [0.15, 0.2) is 15.2 Å². The van der Waals surface area contributed by atoms with Crippen molar-refractivity contribution >= 4 is 39.9 Å². The smallest absolute Gasteiger partial charge is 0.0701 e. The highest BCUT2D eigenvalue weighted by molar-refractivity contribution is 9.11. The van der Waals surface area contributed by atoms with Gasteiger partial charge in [-0.1, -0.05) is 20.8 Å². The van der Waals surface area contributed by atoms with Crippen LogP contribution in [-0.4, -0.2) is 24.2 Å². The third-order valence-corrected chi connectivity index (χ3v) is 5.05. The minimum absolute atomic E-state index is 0.325. The van der Waals surface area contributed by atoms with E-state index in [-0.39, 0.29) is 0 Å². The normalized spacial score (nSPS) is 14.3. The Balaban J connectivity index is 2.51. The second-order valence-corrected chi connectivity index (χ2v) is 8.36. The van der Waals surface area contributed by atoms with Crippen molar-refractivity contribution in [3.8, 4) is 0 Å². The molecule has 0 radical (unpaired) electrons. The first-order valence-corrected chi connectivity index (χ1v) is 8.15. The van der Waals surface area contributed by atoms with Crippen LogP contribution < -0.4 is 0 Å². The molecule has 4 heteroatoms. The van der Waals surface area contributed by atoms with Crippen molar-refractivity contribution in [3.63, 3.8) is 0 Å². The van der Waals surface area contributed by atoms with Gasteiger partial charge in [-0.15, -0.1) is 11.3 Å². The largest absolute Gasteiger partial charge is 0.302 e. The number of halogens is 1. The van der Waals surface area contributed by atoms with Crippen molar-refractivity contribution < 1.29 is 0 Å². The molecule has 0 amide bonds. The summed E-state index contributed by atoms with van der Waals surface area (Å²) >= 11 is 9.74. The fraction of sp³-hybridized carbons (Fsp3) is 0.692. The molecular weight excluding hydrogens is 314 g/mol. The maximum Gasteiger partial charge on any atom is 0.0701 e. The summed E-state index contributed by atoms with van der Waals surface area (Å²) in [4.78, 5) is 2.39. The van der Waals surface area contributed by atoms with Crippen LogP contribution in [0.3, 0.4) is 0 Å². The zero-order valence-electron chi connectivity index (χ0n) is 11.0. The van der Waals surface area contributed by atoms with Crippen LogP contribution in [0.5, 0.6) is 0 Å². The molecule has 0 spiro atoms. The van der Waals surface area contributed by atoms with Gasteiger partial charge in [0.15, 0.2) is 0 Å². The number of hydrogen-bond acceptors (Lipinski definition) is 3. The molecule has 17 heavy (non-hydrogen) atoms. The molecular formula is C13H22BrNS2. The summed E-state index contributed by atoms with van der Waals surface area (Å²) in [5.41, 5.74) is 1.71. The summed E-state index contributed by atoms with van der Waals surface area (Å²) in [6, 6.07) is 2.20. The van der Waals surface area contributed by atoms with Crippen LogP contribution in [0.2, 0.25) is 0 Å². The molecule has 0 bridgehead atoms. The SMILES string of the molecule is CN(Cc1csc(Br)c1)CC(CS)C(C)(C)C. The number of thiol groups is 1.